The third kappa shape index (κ3) is 5.70. The summed E-state index contributed by atoms with van der Waals surface area (Å²) in [5.41, 5.74) is 8.81. The summed E-state index contributed by atoms with van der Waals surface area (Å²) in [5, 5.41) is 1.90. The second kappa shape index (κ2) is 7.39. The van der Waals surface area contributed by atoms with E-state index in [9.17, 15) is 8.42 Å². The average molecular weight is 327 g/mol. The Bertz CT molecular complexity index is 640. The van der Waals surface area contributed by atoms with Gasteiger partial charge in [0.05, 0.1) is 17.0 Å². The van der Waals surface area contributed by atoms with E-state index in [4.69, 9.17) is 10.5 Å². The second-order valence-electron chi connectivity index (χ2n) is 4.36. The van der Waals surface area contributed by atoms with Crippen LogP contribution in [0.2, 0.25) is 0 Å². The van der Waals surface area contributed by atoms with Crippen molar-refractivity contribution in [1.82, 2.24) is 9.71 Å². The highest BCUT2D eigenvalue weighted by Gasteiger charge is 2.10. The van der Waals surface area contributed by atoms with Crippen LogP contribution in [0.1, 0.15) is 5.69 Å². The van der Waals surface area contributed by atoms with Crippen LogP contribution in [-0.4, -0.2) is 32.3 Å². The monoisotopic (exact) mass is 327 g/mol. The van der Waals surface area contributed by atoms with Crippen molar-refractivity contribution in [3.05, 3.63) is 40.8 Å². The Morgan fingerprint density at radius 3 is 2.71 bits per heavy atom. The summed E-state index contributed by atoms with van der Waals surface area (Å²) in [5.74, 6) is 0.510. The number of sulfonamides is 1. The average Bonchev–Trinajstić information content (AvgIpc) is 2.94. The largest absolute Gasteiger partial charge is 0.492 e. The molecule has 0 radical (unpaired) electrons. The summed E-state index contributed by atoms with van der Waals surface area (Å²) in [6.07, 6.45) is 0.585. The third-order valence-corrected chi connectivity index (χ3v) is 4.67. The van der Waals surface area contributed by atoms with Gasteiger partial charge in [0, 0.05) is 24.0 Å². The maximum Gasteiger partial charge on any atom is 0.214 e. The number of rotatable bonds is 8. The molecule has 114 valence electrons. The van der Waals surface area contributed by atoms with Crippen molar-refractivity contribution in [3.8, 4) is 5.75 Å². The van der Waals surface area contributed by atoms with Gasteiger partial charge in [0.1, 0.15) is 12.4 Å². The van der Waals surface area contributed by atoms with Gasteiger partial charge in [-0.2, -0.15) is 0 Å². The summed E-state index contributed by atoms with van der Waals surface area (Å²) in [4.78, 5) is 4.09. The Balaban J connectivity index is 1.69. The molecule has 3 N–H and O–H groups in total. The molecule has 1 heterocycles. The first-order valence-electron chi connectivity index (χ1n) is 6.38. The van der Waals surface area contributed by atoms with E-state index in [1.807, 2.05) is 5.38 Å². The number of nitrogen functional groups attached to an aromatic ring is 1. The molecule has 2 aromatic rings. The van der Waals surface area contributed by atoms with Crippen molar-refractivity contribution in [2.24, 2.45) is 0 Å². The van der Waals surface area contributed by atoms with Crippen LogP contribution >= 0.6 is 11.3 Å². The first-order valence-corrected chi connectivity index (χ1v) is 8.97. The Labute approximate surface area is 128 Å². The number of benzene rings is 1. The highest BCUT2D eigenvalue weighted by molar-refractivity contribution is 7.89. The van der Waals surface area contributed by atoms with Crippen LogP contribution in [0.25, 0.3) is 0 Å². The van der Waals surface area contributed by atoms with Gasteiger partial charge < -0.3 is 10.5 Å². The predicted molar refractivity (Wildman–Crippen MR) is 84.0 cm³/mol. The van der Waals surface area contributed by atoms with Gasteiger partial charge in [-0.05, 0) is 24.3 Å². The van der Waals surface area contributed by atoms with E-state index in [-0.39, 0.29) is 12.4 Å². The van der Waals surface area contributed by atoms with Crippen LogP contribution in [0.4, 0.5) is 5.69 Å². The van der Waals surface area contributed by atoms with E-state index >= 15 is 0 Å². The molecule has 21 heavy (non-hydrogen) atoms. The van der Waals surface area contributed by atoms with Crippen molar-refractivity contribution >= 4 is 27.0 Å². The molecule has 0 unspecified atom stereocenters. The summed E-state index contributed by atoms with van der Waals surface area (Å²) < 4.78 is 31.4. The maximum absolute atomic E-state index is 11.8. The molecule has 6 nitrogen and oxygen atoms in total. The first-order chi connectivity index (χ1) is 10.1. The molecule has 0 bridgehead atoms. The molecule has 0 aliphatic carbocycles. The second-order valence-corrected chi connectivity index (χ2v) is 7.01. The summed E-state index contributed by atoms with van der Waals surface area (Å²) >= 11 is 1.49. The lowest BCUT2D eigenvalue weighted by atomic mass is 10.3. The minimum Gasteiger partial charge on any atom is -0.492 e. The van der Waals surface area contributed by atoms with Crippen LogP contribution < -0.4 is 15.2 Å². The van der Waals surface area contributed by atoms with E-state index in [0.717, 1.165) is 5.69 Å². The van der Waals surface area contributed by atoms with Gasteiger partial charge in [0.25, 0.3) is 0 Å². The van der Waals surface area contributed by atoms with Gasteiger partial charge in [0.15, 0.2) is 0 Å². The molecule has 1 aromatic carbocycles. The molecular weight excluding hydrogens is 310 g/mol. The molecule has 1 aromatic heterocycles. The van der Waals surface area contributed by atoms with E-state index in [2.05, 4.69) is 9.71 Å². The zero-order valence-electron chi connectivity index (χ0n) is 11.4. The molecule has 0 aliphatic rings. The predicted octanol–water partition coefficient (Wildman–Crippen LogP) is 1.27. The van der Waals surface area contributed by atoms with E-state index < -0.39 is 10.0 Å². The summed E-state index contributed by atoms with van der Waals surface area (Å²) in [6.45, 7) is 0.434. The number of nitrogens with one attached hydrogen (secondary N) is 1. The molecule has 0 spiro atoms. The van der Waals surface area contributed by atoms with Gasteiger partial charge in [-0.15, -0.1) is 11.3 Å². The van der Waals surface area contributed by atoms with Crippen LogP contribution in [-0.2, 0) is 16.4 Å². The lowest BCUT2D eigenvalue weighted by Gasteiger charge is -2.08. The van der Waals surface area contributed by atoms with Crippen LogP contribution in [0.3, 0.4) is 0 Å². The van der Waals surface area contributed by atoms with Gasteiger partial charge in [-0.25, -0.2) is 18.1 Å². The first kappa shape index (κ1) is 15.7. The minimum atomic E-state index is -3.34. The third-order valence-electron chi connectivity index (χ3n) is 2.69. The van der Waals surface area contributed by atoms with Gasteiger partial charge in [-0.3, -0.25) is 0 Å². The highest BCUT2D eigenvalue weighted by Crippen LogP contribution is 2.12. The number of nitrogens with zero attached hydrogens (tertiary/aromatic N) is 1. The van der Waals surface area contributed by atoms with Crippen molar-refractivity contribution in [3.63, 3.8) is 0 Å². The number of hydrogen-bond acceptors (Lipinski definition) is 6. The standard InChI is InChI=1S/C13H17N3O3S2/c14-11-1-3-13(4-2-11)19-7-8-21(17,18)16-6-5-12-9-20-10-15-12/h1-4,9-10,16H,5-8,14H2. The molecule has 0 amide bonds. The zero-order valence-corrected chi connectivity index (χ0v) is 13.0. The van der Waals surface area contributed by atoms with E-state index in [0.29, 0.717) is 24.4 Å². The quantitative estimate of drug-likeness (QED) is 0.712. The van der Waals surface area contributed by atoms with E-state index in [1.54, 1.807) is 29.8 Å². The maximum atomic E-state index is 11.8. The van der Waals surface area contributed by atoms with Crippen molar-refractivity contribution < 1.29 is 13.2 Å². The molecule has 8 heteroatoms. The molecule has 2 rings (SSSR count). The Morgan fingerprint density at radius 2 is 2.05 bits per heavy atom. The highest BCUT2D eigenvalue weighted by atomic mass is 32.2. The number of ether oxygens (including phenoxy) is 1. The molecule has 0 aliphatic heterocycles. The Kier molecular flexibility index (Phi) is 5.54. The van der Waals surface area contributed by atoms with E-state index in [1.165, 1.54) is 11.3 Å². The SMILES string of the molecule is Nc1ccc(OCCS(=O)(=O)NCCc2cscn2)cc1. The Morgan fingerprint density at radius 1 is 1.29 bits per heavy atom. The number of hydrogen-bond donors (Lipinski definition) is 2. The fourth-order valence-corrected chi connectivity index (χ4v) is 3.05. The Hall–Kier alpha value is -1.64. The van der Waals surface area contributed by atoms with Crippen molar-refractivity contribution in [1.29, 1.82) is 0 Å². The van der Waals surface area contributed by atoms with Crippen LogP contribution in [0.15, 0.2) is 35.2 Å². The lowest BCUT2D eigenvalue weighted by Crippen LogP contribution is -2.30. The fraction of sp³-hybridized carbons (Fsp3) is 0.308. The normalized spacial score (nSPS) is 11.4. The zero-order chi connectivity index (χ0) is 15.1. The molecule has 0 fully saturated rings. The van der Waals surface area contributed by atoms with Gasteiger partial charge in [0.2, 0.25) is 10.0 Å². The van der Waals surface area contributed by atoms with Crippen molar-refractivity contribution in [2.45, 2.75) is 6.42 Å². The molecule has 0 saturated heterocycles. The summed E-state index contributed by atoms with van der Waals surface area (Å²) in [6, 6.07) is 6.82. The summed E-state index contributed by atoms with van der Waals surface area (Å²) in [7, 11) is -3.34. The molecule has 0 saturated carbocycles. The topological polar surface area (TPSA) is 94.3 Å². The minimum absolute atomic E-state index is 0.0888. The van der Waals surface area contributed by atoms with Crippen molar-refractivity contribution in [2.75, 3.05) is 24.6 Å². The molecular formula is C13H17N3O3S2. The van der Waals surface area contributed by atoms with Gasteiger partial charge >= 0.3 is 0 Å². The number of nitrogens with two attached hydrogens (primary N) is 1. The van der Waals surface area contributed by atoms with Crippen LogP contribution in [0, 0.1) is 0 Å². The number of anilines is 1. The number of thiazole rings is 1. The molecule has 0 atom stereocenters. The van der Waals surface area contributed by atoms with Gasteiger partial charge in [-0.1, -0.05) is 0 Å². The lowest BCUT2D eigenvalue weighted by molar-refractivity contribution is 0.340. The fourth-order valence-electron chi connectivity index (χ4n) is 1.60. The smallest absolute Gasteiger partial charge is 0.214 e. The number of aromatic nitrogens is 1. The van der Waals surface area contributed by atoms with Crippen LogP contribution in [0.5, 0.6) is 5.75 Å².